The standard InChI is InChI=1S/C20H26N2OS/c23-18(13-15-8-7-14-5-1-2-6-16(14)15)17-9-10-21-19(17)20(24)22-11-3-4-12-22/h1-2,5-6,15,17,19,21H,3-4,7-13H2/t15?,17?,19-/m1/s1. The molecule has 2 aliphatic heterocycles. The molecule has 0 aromatic heterocycles. The van der Waals surface area contributed by atoms with Crippen LogP contribution in [0, 0.1) is 5.92 Å². The van der Waals surface area contributed by atoms with Gasteiger partial charge in [-0.2, -0.15) is 0 Å². The molecule has 2 fully saturated rings. The van der Waals surface area contributed by atoms with Crippen LogP contribution in [-0.2, 0) is 11.2 Å². The van der Waals surface area contributed by atoms with Crippen LogP contribution in [0.2, 0.25) is 0 Å². The molecule has 0 spiro atoms. The Morgan fingerprint density at radius 2 is 2.00 bits per heavy atom. The smallest absolute Gasteiger partial charge is 0.138 e. The molecule has 2 unspecified atom stereocenters. The molecule has 1 aromatic rings. The van der Waals surface area contributed by atoms with E-state index in [0.29, 0.717) is 18.1 Å². The first-order valence-corrected chi connectivity index (χ1v) is 9.77. The van der Waals surface area contributed by atoms with Crippen molar-refractivity contribution in [2.75, 3.05) is 19.6 Å². The summed E-state index contributed by atoms with van der Waals surface area (Å²) in [4.78, 5) is 16.3. The number of ketones is 1. The lowest BCUT2D eigenvalue weighted by atomic mass is 9.87. The average molecular weight is 343 g/mol. The van der Waals surface area contributed by atoms with Gasteiger partial charge in [0.1, 0.15) is 5.78 Å². The molecule has 128 valence electrons. The number of thiocarbonyl (C=S) groups is 1. The molecular weight excluding hydrogens is 316 g/mol. The van der Waals surface area contributed by atoms with Crippen molar-refractivity contribution in [1.29, 1.82) is 0 Å². The fraction of sp³-hybridized carbons (Fsp3) is 0.600. The van der Waals surface area contributed by atoms with Crippen LogP contribution >= 0.6 is 12.2 Å². The van der Waals surface area contributed by atoms with Crippen molar-refractivity contribution in [3.8, 4) is 0 Å². The van der Waals surface area contributed by atoms with Gasteiger partial charge in [0.05, 0.1) is 11.0 Å². The van der Waals surface area contributed by atoms with Crippen LogP contribution in [0.1, 0.15) is 49.1 Å². The quantitative estimate of drug-likeness (QED) is 0.853. The molecule has 4 heteroatoms. The number of nitrogens with zero attached hydrogens (tertiary/aromatic N) is 1. The summed E-state index contributed by atoms with van der Waals surface area (Å²) in [5.74, 6) is 0.898. The van der Waals surface area contributed by atoms with E-state index >= 15 is 0 Å². The second-order valence-corrected chi connectivity index (χ2v) is 7.88. The minimum absolute atomic E-state index is 0.0749. The maximum absolute atomic E-state index is 13.0. The number of rotatable bonds is 4. The first-order chi connectivity index (χ1) is 11.7. The number of hydrogen-bond acceptors (Lipinski definition) is 3. The van der Waals surface area contributed by atoms with Crippen molar-refractivity contribution in [2.45, 2.75) is 50.5 Å². The van der Waals surface area contributed by atoms with Crippen LogP contribution in [0.5, 0.6) is 0 Å². The number of Topliss-reactive ketones (excluding diaryl/α,β-unsaturated/α-hetero) is 1. The highest BCUT2D eigenvalue weighted by Gasteiger charge is 2.38. The zero-order chi connectivity index (χ0) is 16.5. The number of nitrogens with one attached hydrogen (secondary N) is 1. The van der Waals surface area contributed by atoms with Crippen LogP contribution in [-0.4, -0.2) is 41.3 Å². The van der Waals surface area contributed by atoms with E-state index in [9.17, 15) is 4.79 Å². The molecule has 3 nitrogen and oxygen atoms in total. The van der Waals surface area contributed by atoms with E-state index in [4.69, 9.17) is 12.2 Å². The van der Waals surface area contributed by atoms with Crippen molar-refractivity contribution in [1.82, 2.24) is 10.2 Å². The molecule has 3 atom stereocenters. The molecule has 2 heterocycles. The molecule has 24 heavy (non-hydrogen) atoms. The number of carbonyl (C=O) groups excluding carboxylic acids is 1. The van der Waals surface area contributed by atoms with Crippen LogP contribution < -0.4 is 5.32 Å². The first kappa shape index (κ1) is 16.2. The fourth-order valence-corrected chi connectivity index (χ4v) is 5.13. The average Bonchev–Trinajstić information content (AvgIpc) is 3.35. The fourth-order valence-electron chi connectivity index (χ4n) is 4.70. The van der Waals surface area contributed by atoms with Crippen molar-refractivity contribution < 1.29 is 4.79 Å². The van der Waals surface area contributed by atoms with Crippen LogP contribution in [0.25, 0.3) is 0 Å². The van der Waals surface area contributed by atoms with Gasteiger partial charge < -0.3 is 10.2 Å². The Labute approximate surface area is 149 Å². The lowest BCUT2D eigenvalue weighted by Gasteiger charge is -2.27. The largest absolute Gasteiger partial charge is 0.365 e. The van der Waals surface area contributed by atoms with E-state index in [1.807, 2.05) is 0 Å². The normalized spacial score (nSPS) is 29.0. The highest BCUT2D eigenvalue weighted by molar-refractivity contribution is 7.80. The zero-order valence-corrected chi connectivity index (χ0v) is 15.0. The summed E-state index contributed by atoms with van der Waals surface area (Å²) in [5.41, 5.74) is 2.83. The number of fused-ring (bicyclic) bond motifs is 1. The van der Waals surface area contributed by atoms with Gasteiger partial charge in [-0.25, -0.2) is 0 Å². The summed E-state index contributed by atoms with van der Waals surface area (Å²) < 4.78 is 0. The summed E-state index contributed by atoms with van der Waals surface area (Å²) in [6.07, 6.45) is 6.31. The predicted molar refractivity (Wildman–Crippen MR) is 100 cm³/mol. The Hall–Kier alpha value is -1.26. The Bertz CT molecular complexity index is 638. The molecule has 0 bridgehead atoms. The summed E-state index contributed by atoms with van der Waals surface area (Å²) >= 11 is 5.73. The molecule has 1 aliphatic carbocycles. The molecular formula is C20H26N2OS. The van der Waals surface area contributed by atoms with E-state index in [1.54, 1.807) is 0 Å². The number of hydrogen-bond donors (Lipinski definition) is 1. The van der Waals surface area contributed by atoms with Crippen molar-refractivity contribution in [3.05, 3.63) is 35.4 Å². The topological polar surface area (TPSA) is 32.3 Å². The summed E-state index contributed by atoms with van der Waals surface area (Å²) in [6.45, 7) is 3.04. The highest BCUT2D eigenvalue weighted by atomic mass is 32.1. The summed E-state index contributed by atoms with van der Waals surface area (Å²) in [7, 11) is 0. The van der Waals surface area contributed by atoms with Gasteiger partial charge in [0.2, 0.25) is 0 Å². The number of likely N-dealkylation sites (tertiary alicyclic amines) is 1. The van der Waals surface area contributed by atoms with Gasteiger partial charge in [0.15, 0.2) is 0 Å². The molecule has 1 N–H and O–H groups in total. The SMILES string of the molecule is O=C(CC1CCc2ccccc21)C1CCN[C@H]1C(=S)N1CCCC1. The van der Waals surface area contributed by atoms with Crippen molar-refractivity contribution in [2.24, 2.45) is 5.92 Å². The Morgan fingerprint density at radius 3 is 2.83 bits per heavy atom. The maximum Gasteiger partial charge on any atom is 0.138 e. The van der Waals surface area contributed by atoms with Gasteiger partial charge in [0.25, 0.3) is 0 Å². The van der Waals surface area contributed by atoms with E-state index in [-0.39, 0.29) is 12.0 Å². The zero-order valence-electron chi connectivity index (χ0n) is 14.2. The van der Waals surface area contributed by atoms with E-state index in [2.05, 4.69) is 34.5 Å². The molecule has 2 saturated heterocycles. The van der Waals surface area contributed by atoms with Crippen LogP contribution in [0.3, 0.4) is 0 Å². The third-order valence-corrected chi connectivity index (χ3v) is 6.54. The van der Waals surface area contributed by atoms with Gasteiger partial charge in [0, 0.05) is 25.4 Å². The lowest BCUT2D eigenvalue weighted by Crippen LogP contribution is -2.46. The monoisotopic (exact) mass is 342 g/mol. The van der Waals surface area contributed by atoms with Crippen LogP contribution in [0.4, 0.5) is 0 Å². The van der Waals surface area contributed by atoms with E-state index < -0.39 is 0 Å². The molecule has 0 amide bonds. The second-order valence-electron chi connectivity index (χ2n) is 7.46. The van der Waals surface area contributed by atoms with Crippen LogP contribution in [0.15, 0.2) is 24.3 Å². The predicted octanol–water partition coefficient (Wildman–Crippen LogP) is 3.08. The van der Waals surface area contributed by atoms with Gasteiger partial charge in [-0.3, -0.25) is 4.79 Å². The summed E-state index contributed by atoms with van der Waals surface area (Å²) in [6, 6.07) is 8.71. The van der Waals surface area contributed by atoms with E-state index in [0.717, 1.165) is 43.9 Å². The minimum atomic E-state index is 0.0749. The molecule has 0 saturated carbocycles. The van der Waals surface area contributed by atoms with Gasteiger partial charge in [-0.05, 0) is 55.7 Å². The second kappa shape index (κ2) is 6.93. The number of aryl methyl sites for hydroxylation is 1. The Balaban J connectivity index is 1.43. The molecule has 3 aliphatic rings. The van der Waals surface area contributed by atoms with Gasteiger partial charge >= 0.3 is 0 Å². The first-order valence-electron chi connectivity index (χ1n) is 9.37. The third-order valence-electron chi connectivity index (χ3n) is 6.02. The van der Waals surface area contributed by atoms with Gasteiger partial charge in [-0.1, -0.05) is 36.5 Å². The number of benzene rings is 1. The highest BCUT2D eigenvalue weighted by Crippen LogP contribution is 2.37. The Morgan fingerprint density at radius 1 is 1.21 bits per heavy atom. The maximum atomic E-state index is 13.0. The molecule has 4 rings (SSSR count). The summed E-state index contributed by atoms with van der Waals surface area (Å²) in [5, 5.41) is 3.50. The Kier molecular flexibility index (Phi) is 4.68. The van der Waals surface area contributed by atoms with Gasteiger partial charge in [-0.15, -0.1) is 0 Å². The van der Waals surface area contributed by atoms with E-state index in [1.165, 1.54) is 24.0 Å². The molecule has 0 radical (unpaired) electrons. The number of carbonyl (C=O) groups is 1. The molecule has 1 aromatic carbocycles. The third kappa shape index (κ3) is 3.02. The van der Waals surface area contributed by atoms with Crippen molar-refractivity contribution in [3.63, 3.8) is 0 Å². The lowest BCUT2D eigenvalue weighted by molar-refractivity contribution is -0.123. The minimum Gasteiger partial charge on any atom is -0.365 e. The van der Waals surface area contributed by atoms with Crippen molar-refractivity contribution >= 4 is 23.0 Å².